The molecule has 5 heteroatoms. The largest absolute Gasteiger partial charge is 0.490 e. The van der Waals surface area contributed by atoms with E-state index in [4.69, 9.17) is 32.2 Å². The summed E-state index contributed by atoms with van der Waals surface area (Å²) < 4.78 is 16.6. The summed E-state index contributed by atoms with van der Waals surface area (Å²) in [6, 6.07) is 5.43. The van der Waals surface area contributed by atoms with E-state index in [9.17, 15) is 0 Å². The molecule has 0 heterocycles. The number of nitrogens with two attached hydrogens (primary N) is 1. The van der Waals surface area contributed by atoms with E-state index in [1.807, 2.05) is 32.9 Å². The molecule has 0 bridgehead atoms. The molecular weight excluding hydrogens is 262 g/mol. The number of ether oxygens (including phenoxy) is 3. The highest BCUT2D eigenvalue weighted by Gasteiger charge is 2.08. The van der Waals surface area contributed by atoms with Crippen molar-refractivity contribution in [2.75, 3.05) is 19.8 Å². The van der Waals surface area contributed by atoms with Crippen LogP contribution in [0.25, 0.3) is 0 Å². The average Bonchev–Trinajstić information content (AvgIpc) is 2.35. The topological polar surface area (TPSA) is 53.7 Å². The Morgan fingerprint density at radius 2 is 1.95 bits per heavy atom. The maximum Gasteiger partial charge on any atom is 0.161 e. The third-order valence-corrected chi connectivity index (χ3v) is 2.56. The number of hydrogen-bond donors (Lipinski definition) is 1. The van der Waals surface area contributed by atoms with E-state index in [0.717, 1.165) is 5.56 Å². The quantitative estimate of drug-likeness (QED) is 0.587. The Hall–Kier alpha value is -1.33. The zero-order valence-corrected chi connectivity index (χ0v) is 12.5. The van der Waals surface area contributed by atoms with Crippen molar-refractivity contribution in [1.29, 1.82) is 0 Å². The predicted molar refractivity (Wildman–Crippen MR) is 80.1 cm³/mol. The van der Waals surface area contributed by atoms with Crippen LogP contribution < -0.4 is 15.2 Å². The van der Waals surface area contributed by atoms with Gasteiger partial charge in [-0.15, -0.1) is 0 Å². The highest BCUT2D eigenvalue weighted by Crippen LogP contribution is 2.28. The molecular formula is C14H21NO3S. The van der Waals surface area contributed by atoms with Crippen molar-refractivity contribution in [2.45, 2.75) is 26.9 Å². The molecule has 0 aliphatic carbocycles. The number of thiocarbonyl (C=S) groups is 1. The van der Waals surface area contributed by atoms with Crippen LogP contribution in [0.2, 0.25) is 0 Å². The second-order valence-corrected chi connectivity index (χ2v) is 4.67. The van der Waals surface area contributed by atoms with Crippen molar-refractivity contribution in [3.63, 3.8) is 0 Å². The van der Waals surface area contributed by atoms with Crippen LogP contribution in [0, 0.1) is 0 Å². The molecule has 4 nitrogen and oxygen atoms in total. The number of rotatable bonds is 8. The van der Waals surface area contributed by atoms with Crippen LogP contribution in [-0.4, -0.2) is 30.9 Å². The Labute approximate surface area is 119 Å². The van der Waals surface area contributed by atoms with Crippen LogP contribution in [0.15, 0.2) is 18.2 Å². The molecule has 1 rings (SSSR count). The van der Waals surface area contributed by atoms with E-state index >= 15 is 0 Å². The fourth-order valence-electron chi connectivity index (χ4n) is 1.48. The molecule has 106 valence electrons. The van der Waals surface area contributed by atoms with E-state index in [2.05, 4.69) is 0 Å². The molecule has 0 unspecified atom stereocenters. The van der Waals surface area contributed by atoms with E-state index in [0.29, 0.717) is 36.3 Å². The molecule has 0 aromatic heterocycles. The Morgan fingerprint density at radius 1 is 1.21 bits per heavy atom. The summed E-state index contributed by atoms with van der Waals surface area (Å²) in [4.78, 5) is 0.343. The Morgan fingerprint density at radius 3 is 2.53 bits per heavy atom. The molecule has 0 aliphatic heterocycles. The van der Waals surface area contributed by atoms with Crippen molar-refractivity contribution < 1.29 is 14.2 Å². The lowest BCUT2D eigenvalue weighted by Gasteiger charge is -2.14. The lowest BCUT2D eigenvalue weighted by molar-refractivity contribution is 0.0545. The third kappa shape index (κ3) is 5.44. The van der Waals surface area contributed by atoms with Gasteiger partial charge >= 0.3 is 0 Å². The standard InChI is InChI=1S/C14H21NO3S/c1-4-16-13-9-11(14(15)19)5-6-12(13)18-8-7-17-10(2)3/h5-6,9-10H,4,7-8H2,1-3H3,(H2,15,19). The van der Waals surface area contributed by atoms with Crippen molar-refractivity contribution in [3.8, 4) is 11.5 Å². The monoisotopic (exact) mass is 283 g/mol. The number of hydrogen-bond acceptors (Lipinski definition) is 4. The smallest absolute Gasteiger partial charge is 0.161 e. The second kappa shape index (κ2) is 7.96. The lowest BCUT2D eigenvalue weighted by atomic mass is 10.2. The summed E-state index contributed by atoms with van der Waals surface area (Å²) in [7, 11) is 0. The van der Waals surface area contributed by atoms with Crippen molar-refractivity contribution in [1.82, 2.24) is 0 Å². The minimum Gasteiger partial charge on any atom is -0.490 e. The van der Waals surface area contributed by atoms with E-state index in [1.165, 1.54) is 0 Å². The lowest BCUT2D eigenvalue weighted by Crippen LogP contribution is -2.13. The normalized spacial score (nSPS) is 10.5. The van der Waals surface area contributed by atoms with Crippen molar-refractivity contribution >= 4 is 17.2 Å². The molecule has 1 aromatic carbocycles. The maximum absolute atomic E-state index is 5.64. The molecule has 0 amide bonds. The Balaban J connectivity index is 2.68. The zero-order chi connectivity index (χ0) is 14.3. The molecule has 1 aromatic rings. The molecule has 0 fully saturated rings. The molecule has 0 radical (unpaired) electrons. The van der Waals surface area contributed by atoms with Gasteiger partial charge in [-0.1, -0.05) is 12.2 Å². The van der Waals surface area contributed by atoms with Crippen LogP contribution in [0.3, 0.4) is 0 Å². The molecule has 0 saturated carbocycles. The average molecular weight is 283 g/mol. The molecule has 0 atom stereocenters. The molecule has 2 N–H and O–H groups in total. The predicted octanol–water partition coefficient (Wildman–Crippen LogP) is 2.52. The fourth-order valence-corrected chi connectivity index (χ4v) is 1.61. The van der Waals surface area contributed by atoms with Crippen LogP contribution in [0.1, 0.15) is 26.3 Å². The van der Waals surface area contributed by atoms with Gasteiger partial charge in [-0.3, -0.25) is 0 Å². The van der Waals surface area contributed by atoms with Gasteiger partial charge < -0.3 is 19.9 Å². The van der Waals surface area contributed by atoms with E-state index < -0.39 is 0 Å². The zero-order valence-electron chi connectivity index (χ0n) is 11.6. The fraction of sp³-hybridized carbons (Fsp3) is 0.500. The third-order valence-electron chi connectivity index (χ3n) is 2.32. The van der Waals surface area contributed by atoms with Crippen LogP contribution in [0.5, 0.6) is 11.5 Å². The highest BCUT2D eigenvalue weighted by molar-refractivity contribution is 7.80. The summed E-state index contributed by atoms with van der Waals surface area (Å²) in [5.74, 6) is 1.33. The van der Waals surface area contributed by atoms with Crippen LogP contribution in [-0.2, 0) is 4.74 Å². The summed E-state index contributed by atoms with van der Waals surface area (Å²) in [5, 5.41) is 0. The number of benzene rings is 1. The van der Waals surface area contributed by atoms with Crippen molar-refractivity contribution in [2.24, 2.45) is 5.73 Å². The van der Waals surface area contributed by atoms with E-state index in [1.54, 1.807) is 6.07 Å². The van der Waals surface area contributed by atoms with E-state index in [-0.39, 0.29) is 6.10 Å². The molecule has 19 heavy (non-hydrogen) atoms. The van der Waals surface area contributed by atoms with Gasteiger partial charge in [0.1, 0.15) is 11.6 Å². The van der Waals surface area contributed by atoms with Crippen LogP contribution >= 0.6 is 12.2 Å². The molecule has 0 aliphatic rings. The summed E-state index contributed by atoms with van der Waals surface area (Å²) in [5.41, 5.74) is 6.37. The first kappa shape index (κ1) is 15.7. The first-order chi connectivity index (χ1) is 9.04. The van der Waals surface area contributed by atoms with Gasteiger partial charge in [-0.05, 0) is 39.0 Å². The van der Waals surface area contributed by atoms with Gasteiger partial charge in [0.25, 0.3) is 0 Å². The van der Waals surface area contributed by atoms with Gasteiger partial charge in [-0.2, -0.15) is 0 Å². The van der Waals surface area contributed by atoms with Gasteiger partial charge in [0, 0.05) is 5.56 Å². The Bertz CT molecular complexity index is 421. The highest BCUT2D eigenvalue weighted by atomic mass is 32.1. The van der Waals surface area contributed by atoms with Gasteiger partial charge in [-0.25, -0.2) is 0 Å². The van der Waals surface area contributed by atoms with Gasteiger partial charge in [0.2, 0.25) is 0 Å². The van der Waals surface area contributed by atoms with Crippen LogP contribution in [0.4, 0.5) is 0 Å². The van der Waals surface area contributed by atoms with Crippen molar-refractivity contribution in [3.05, 3.63) is 23.8 Å². The summed E-state index contributed by atoms with van der Waals surface area (Å²) in [6.07, 6.45) is 0.201. The second-order valence-electron chi connectivity index (χ2n) is 4.23. The SMILES string of the molecule is CCOc1cc(C(N)=S)ccc1OCCOC(C)C. The maximum atomic E-state index is 5.64. The van der Waals surface area contributed by atoms with Gasteiger partial charge in [0.05, 0.1) is 19.3 Å². The first-order valence-corrected chi connectivity index (χ1v) is 6.76. The minimum absolute atomic E-state index is 0.201. The Kier molecular flexibility index (Phi) is 6.59. The van der Waals surface area contributed by atoms with Gasteiger partial charge in [0.15, 0.2) is 11.5 Å². The summed E-state index contributed by atoms with van der Waals surface area (Å²) in [6.45, 7) is 7.47. The molecule has 0 saturated heterocycles. The first-order valence-electron chi connectivity index (χ1n) is 6.35. The summed E-state index contributed by atoms with van der Waals surface area (Å²) >= 11 is 4.95. The molecule has 0 spiro atoms. The minimum atomic E-state index is 0.201.